The topological polar surface area (TPSA) is 35.5 Å². The molecule has 4 heteroatoms. The van der Waals surface area contributed by atoms with Crippen LogP contribution in [-0.2, 0) is 14.3 Å². The van der Waals surface area contributed by atoms with Crippen molar-refractivity contribution in [1.82, 2.24) is 0 Å². The molecule has 3 atom stereocenters. The molecular weight excluding hydrogens is 272 g/mol. The average Bonchev–Trinajstić information content (AvgIpc) is 2.45. The lowest BCUT2D eigenvalue weighted by atomic mass is 10.1. The van der Waals surface area contributed by atoms with E-state index in [0.29, 0.717) is 6.61 Å². The first kappa shape index (κ1) is 14.0. The van der Waals surface area contributed by atoms with E-state index in [1.165, 1.54) is 0 Å². The molecule has 1 fully saturated rings. The van der Waals surface area contributed by atoms with Gasteiger partial charge in [-0.2, -0.15) is 0 Å². The van der Waals surface area contributed by atoms with Gasteiger partial charge in [-0.25, -0.2) is 0 Å². The fourth-order valence-electron chi connectivity index (χ4n) is 1.98. The molecule has 0 aromatic carbocycles. The van der Waals surface area contributed by atoms with Crippen LogP contribution in [0.5, 0.6) is 0 Å². The zero-order chi connectivity index (χ0) is 12.3. The highest BCUT2D eigenvalue weighted by Gasteiger charge is 2.39. The Labute approximate surface area is 106 Å². The van der Waals surface area contributed by atoms with Crippen molar-refractivity contribution in [2.24, 2.45) is 5.92 Å². The van der Waals surface area contributed by atoms with Crippen molar-refractivity contribution in [2.45, 2.75) is 57.1 Å². The van der Waals surface area contributed by atoms with Crippen LogP contribution in [0.15, 0.2) is 0 Å². The summed E-state index contributed by atoms with van der Waals surface area (Å²) in [6, 6.07) is 0. The Morgan fingerprint density at radius 1 is 1.38 bits per heavy atom. The summed E-state index contributed by atoms with van der Waals surface area (Å²) in [6.07, 6.45) is 1.67. The number of halogens is 1. The van der Waals surface area contributed by atoms with Gasteiger partial charge in [-0.3, -0.25) is 4.79 Å². The molecule has 0 radical (unpaired) electrons. The first-order valence-electron chi connectivity index (χ1n) is 5.82. The number of ether oxygens (including phenoxy) is 2. The summed E-state index contributed by atoms with van der Waals surface area (Å²) in [6.45, 7) is 8.38. The van der Waals surface area contributed by atoms with Crippen LogP contribution in [0.25, 0.3) is 0 Å². The third-order valence-corrected chi connectivity index (χ3v) is 3.52. The van der Waals surface area contributed by atoms with E-state index in [0.717, 1.165) is 12.8 Å². The van der Waals surface area contributed by atoms with Crippen LogP contribution < -0.4 is 0 Å². The van der Waals surface area contributed by atoms with Gasteiger partial charge in [-0.15, -0.1) is 0 Å². The van der Waals surface area contributed by atoms with Crippen LogP contribution in [0.4, 0.5) is 0 Å². The number of hydrogen-bond acceptors (Lipinski definition) is 3. The highest BCUT2D eigenvalue weighted by Crippen LogP contribution is 2.36. The van der Waals surface area contributed by atoms with Crippen molar-refractivity contribution in [3.63, 3.8) is 0 Å². The summed E-state index contributed by atoms with van der Waals surface area (Å²) in [5.74, 6) is -0.108. The lowest BCUT2D eigenvalue weighted by Crippen LogP contribution is -2.30. The number of alkyl halides is 1. The first-order valence-corrected chi connectivity index (χ1v) is 6.73. The van der Waals surface area contributed by atoms with Gasteiger partial charge < -0.3 is 9.47 Å². The van der Waals surface area contributed by atoms with Gasteiger partial charge in [0.1, 0.15) is 0 Å². The van der Waals surface area contributed by atoms with Crippen LogP contribution in [0.2, 0.25) is 0 Å². The van der Waals surface area contributed by atoms with Gasteiger partial charge in [0.2, 0.25) is 0 Å². The predicted octanol–water partition coefficient (Wildman–Crippen LogP) is 2.91. The smallest absolute Gasteiger partial charge is 0.309 e. The van der Waals surface area contributed by atoms with E-state index in [4.69, 9.17) is 9.47 Å². The normalized spacial score (nSPS) is 30.4. The lowest BCUT2D eigenvalue weighted by Gasteiger charge is -2.26. The number of rotatable bonds is 3. The maximum absolute atomic E-state index is 11.6. The summed E-state index contributed by atoms with van der Waals surface area (Å²) < 4.78 is 11.0. The monoisotopic (exact) mass is 292 g/mol. The van der Waals surface area contributed by atoms with Crippen molar-refractivity contribution >= 4 is 21.9 Å². The third kappa shape index (κ3) is 4.06. The summed E-state index contributed by atoms with van der Waals surface area (Å²) in [7, 11) is 0. The summed E-state index contributed by atoms with van der Waals surface area (Å²) in [5, 5.41) is 0. The predicted molar refractivity (Wildman–Crippen MR) is 66.7 cm³/mol. The van der Waals surface area contributed by atoms with E-state index < -0.39 is 0 Å². The number of esters is 1. The van der Waals surface area contributed by atoms with Crippen LogP contribution in [0, 0.1) is 5.92 Å². The second kappa shape index (κ2) is 5.50. The molecule has 16 heavy (non-hydrogen) atoms. The molecule has 0 bridgehead atoms. The fraction of sp³-hybridized carbons (Fsp3) is 0.917. The third-order valence-electron chi connectivity index (χ3n) is 2.55. The molecule has 1 aliphatic rings. The molecule has 0 aliphatic heterocycles. The highest BCUT2D eigenvalue weighted by molar-refractivity contribution is 9.09. The molecule has 94 valence electrons. The molecule has 0 aromatic heterocycles. The molecule has 0 spiro atoms. The molecule has 3 nitrogen and oxygen atoms in total. The Morgan fingerprint density at radius 3 is 2.50 bits per heavy atom. The molecule has 3 unspecified atom stereocenters. The molecule has 1 rings (SSSR count). The van der Waals surface area contributed by atoms with E-state index in [2.05, 4.69) is 15.9 Å². The minimum atomic E-state index is -0.166. The van der Waals surface area contributed by atoms with Gasteiger partial charge in [0.15, 0.2) is 0 Å². The van der Waals surface area contributed by atoms with Crippen molar-refractivity contribution in [3.05, 3.63) is 0 Å². The van der Waals surface area contributed by atoms with Crippen molar-refractivity contribution in [2.75, 3.05) is 6.61 Å². The molecule has 0 aromatic rings. The van der Waals surface area contributed by atoms with Gasteiger partial charge in [-0.1, -0.05) is 15.9 Å². The SMILES string of the molecule is CCOC(=O)C1CC(Br)C(OC(C)(C)C)C1. The average molecular weight is 293 g/mol. The van der Waals surface area contributed by atoms with E-state index in [1.54, 1.807) is 0 Å². The number of hydrogen-bond donors (Lipinski definition) is 0. The highest BCUT2D eigenvalue weighted by atomic mass is 79.9. The van der Waals surface area contributed by atoms with Gasteiger partial charge in [0.05, 0.1) is 24.2 Å². The Kier molecular flexibility index (Phi) is 4.80. The van der Waals surface area contributed by atoms with Crippen molar-refractivity contribution < 1.29 is 14.3 Å². The molecule has 0 heterocycles. The maximum atomic E-state index is 11.6. The van der Waals surface area contributed by atoms with E-state index in [1.807, 2.05) is 27.7 Å². The zero-order valence-corrected chi connectivity index (χ0v) is 12.0. The van der Waals surface area contributed by atoms with Crippen LogP contribution in [0.3, 0.4) is 0 Å². The molecule has 0 saturated heterocycles. The fourth-order valence-corrected chi connectivity index (χ4v) is 2.75. The number of carbonyl (C=O) groups excluding carboxylic acids is 1. The summed E-state index contributed by atoms with van der Waals surface area (Å²) >= 11 is 3.58. The molecule has 1 saturated carbocycles. The molecule has 0 N–H and O–H groups in total. The Bertz CT molecular complexity index is 247. The first-order chi connectivity index (χ1) is 7.33. The van der Waals surface area contributed by atoms with Crippen LogP contribution in [0.1, 0.15) is 40.5 Å². The molecule has 0 amide bonds. The second-order valence-electron chi connectivity index (χ2n) is 5.21. The summed E-state index contributed by atoms with van der Waals surface area (Å²) in [5.41, 5.74) is -0.166. The number of carbonyl (C=O) groups is 1. The molecule has 1 aliphatic carbocycles. The van der Waals surface area contributed by atoms with E-state index in [-0.39, 0.29) is 28.4 Å². The maximum Gasteiger partial charge on any atom is 0.309 e. The van der Waals surface area contributed by atoms with Gasteiger partial charge in [0, 0.05) is 4.83 Å². The zero-order valence-electron chi connectivity index (χ0n) is 10.5. The minimum Gasteiger partial charge on any atom is -0.466 e. The van der Waals surface area contributed by atoms with Gasteiger partial charge in [-0.05, 0) is 40.5 Å². The largest absolute Gasteiger partial charge is 0.466 e. The van der Waals surface area contributed by atoms with E-state index in [9.17, 15) is 4.79 Å². The van der Waals surface area contributed by atoms with Crippen molar-refractivity contribution in [3.8, 4) is 0 Å². The standard InChI is InChI=1S/C12H21BrO3/c1-5-15-11(14)8-6-9(13)10(7-8)16-12(2,3)4/h8-10H,5-7H2,1-4H3. The quantitative estimate of drug-likeness (QED) is 0.593. The second-order valence-corrected chi connectivity index (χ2v) is 6.38. The van der Waals surface area contributed by atoms with Gasteiger partial charge in [0.25, 0.3) is 0 Å². The Balaban J connectivity index is 2.50. The van der Waals surface area contributed by atoms with Crippen molar-refractivity contribution in [1.29, 1.82) is 0 Å². The Morgan fingerprint density at radius 2 is 2.00 bits per heavy atom. The van der Waals surface area contributed by atoms with E-state index >= 15 is 0 Å². The molecular formula is C12H21BrO3. The lowest BCUT2D eigenvalue weighted by molar-refractivity contribution is -0.148. The Hall–Kier alpha value is -0.0900. The summed E-state index contributed by atoms with van der Waals surface area (Å²) in [4.78, 5) is 11.9. The minimum absolute atomic E-state index is 0.0170. The van der Waals surface area contributed by atoms with Crippen LogP contribution in [-0.4, -0.2) is 29.1 Å². The van der Waals surface area contributed by atoms with Gasteiger partial charge >= 0.3 is 5.97 Å². The van der Waals surface area contributed by atoms with Crippen LogP contribution >= 0.6 is 15.9 Å².